The summed E-state index contributed by atoms with van der Waals surface area (Å²) in [7, 11) is 0. The monoisotopic (exact) mass is 318 g/mol. The van der Waals surface area contributed by atoms with Gasteiger partial charge in [-0.05, 0) is 16.8 Å². The summed E-state index contributed by atoms with van der Waals surface area (Å²) in [5, 5.41) is 2.47. The Kier molecular flexibility index (Phi) is 3.95. The highest BCUT2D eigenvalue weighted by atomic mass is 14.9. The minimum absolute atomic E-state index is 0.0116. The molecule has 0 saturated carbocycles. The molecule has 0 aliphatic heterocycles. The molecular weight excluding hydrogens is 292 g/mol. The first-order valence-electron chi connectivity index (χ1n) is 8.54. The highest BCUT2D eigenvalue weighted by Gasteiger charge is 2.24. The Hall–Kier alpha value is -2.22. The summed E-state index contributed by atoms with van der Waals surface area (Å²) in [5.74, 6) is 0.901. The van der Waals surface area contributed by atoms with Crippen LogP contribution < -0.4 is 0 Å². The van der Waals surface area contributed by atoms with Crippen molar-refractivity contribution in [2.45, 2.75) is 52.4 Å². The van der Waals surface area contributed by atoms with Crippen molar-refractivity contribution in [3.63, 3.8) is 0 Å². The lowest BCUT2D eigenvalue weighted by molar-refractivity contribution is 0.514. The molecule has 2 heteroatoms. The first kappa shape index (κ1) is 16.6. The number of aromatic nitrogens is 2. The Balaban J connectivity index is 2.30. The van der Waals surface area contributed by atoms with Crippen LogP contribution in [0.15, 0.2) is 48.5 Å². The van der Waals surface area contributed by atoms with E-state index < -0.39 is 0 Å². The zero-order valence-electron chi connectivity index (χ0n) is 15.5. The van der Waals surface area contributed by atoms with E-state index in [1.165, 1.54) is 16.3 Å². The Labute approximate surface area is 145 Å². The van der Waals surface area contributed by atoms with E-state index in [1.54, 1.807) is 0 Å². The van der Waals surface area contributed by atoms with Crippen molar-refractivity contribution in [1.82, 2.24) is 9.97 Å². The summed E-state index contributed by atoms with van der Waals surface area (Å²) in [5.41, 5.74) is 3.18. The summed E-state index contributed by atoms with van der Waals surface area (Å²) in [4.78, 5) is 9.80. The van der Waals surface area contributed by atoms with Crippen LogP contribution in [-0.2, 0) is 10.8 Å². The SMILES string of the molecule is CC(C)(C)c1cc(-c2cccc3ccccc23)nc(C(C)(C)C)n1. The molecule has 0 spiro atoms. The molecular formula is C22H26N2. The fraction of sp³-hybridized carbons (Fsp3) is 0.364. The summed E-state index contributed by atoms with van der Waals surface area (Å²) < 4.78 is 0. The molecule has 3 aromatic rings. The zero-order valence-corrected chi connectivity index (χ0v) is 15.5. The topological polar surface area (TPSA) is 25.8 Å². The second kappa shape index (κ2) is 5.70. The van der Waals surface area contributed by atoms with Gasteiger partial charge in [-0.15, -0.1) is 0 Å². The maximum Gasteiger partial charge on any atom is 0.134 e. The average Bonchev–Trinajstić information content (AvgIpc) is 2.52. The maximum atomic E-state index is 4.93. The minimum Gasteiger partial charge on any atom is -0.237 e. The predicted molar refractivity (Wildman–Crippen MR) is 102 cm³/mol. The number of benzene rings is 2. The van der Waals surface area contributed by atoms with Gasteiger partial charge in [0.25, 0.3) is 0 Å². The van der Waals surface area contributed by atoms with Gasteiger partial charge < -0.3 is 0 Å². The van der Waals surface area contributed by atoms with Crippen molar-refractivity contribution in [2.24, 2.45) is 0 Å². The van der Waals surface area contributed by atoms with Gasteiger partial charge in [-0.2, -0.15) is 0 Å². The minimum atomic E-state index is -0.0827. The maximum absolute atomic E-state index is 4.93. The second-order valence-electron chi connectivity index (χ2n) is 8.49. The largest absolute Gasteiger partial charge is 0.237 e. The number of rotatable bonds is 1. The summed E-state index contributed by atoms with van der Waals surface area (Å²) in [6.07, 6.45) is 0. The van der Waals surface area contributed by atoms with Crippen molar-refractivity contribution < 1.29 is 0 Å². The molecule has 0 fully saturated rings. The highest BCUT2D eigenvalue weighted by Crippen LogP contribution is 2.32. The molecule has 0 aliphatic carbocycles. The molecule has 1 heterocycles. The third kappa shape index (κ3) is 3.19. The predicted octanol–water partition coefficient (Wildman–Crippen LogP) is 5.89. The van der Waals surface area contributed by atoms with Crippen molar-refractivity contribution in [3.8, 4) is 11.3 Å². The Morgan fingerprint density at radius 1 is 0.708 bits per heavy atom. The molecule has 0 N–H and O–H groups in total. The van der Waals surface area contributed by atoms with E-state index in [-0.39, 0.29) is 10.8 Å². The number of nitrogens with zero attached hydrogens (tertiary/aromatic N) is 2. The van der Waals surface area contributed by atoms with Gasteiger partial charge >= 0.3 is 0 Å². The lowest BCUT2D eigenvalue weighted by Gasteiger charge is -2.24. The van der Waals surface area contributed by atoms with Crippen molar-refractivity contribution >= 4 is 10.8 Å². The third-order valence-electron chi connectivity index (χ3n) is 4.23. The van der Waals surface area contributed by atoms with E-state index in [1.807, 2.05) is 0 Å². The van der Waals surface area contributed by atoms with Crippen LogP contribution in [0.1, 0.15) is 53.1 Å². The van der Waals surface area contributed by atoms with E-state index in [0.717, 1.165) is 17.2 Å². The van der Waals surface area contributed by atoms with Crippen LogP contribution in [0, 0.1) is 0 Å². The molecule has 0 aliphatic rings. The normalized spacial score (nSPS) is 12.6. The Bertz CT molecular complexity index is 843. The number of fused-ring (bicyclic) bond motifs is 1. The van der Waals surface area contributed by atoms with Crippen LogP contribution in [0.3, 0.4) is 0 Å². The van der Waals surface area contributed by atoms with Gasteiger partial charge in [-0.25, -0.2) is 9.97 Å². The zero-order chi connectivity index (χ0) is 17.5. The average molecular weight is 318 g/mol. The van der Waals surface area contributed by atoms with E-state index in [2.05, 4.69) is 90.1 Å². The second-order valence-corrected chi connectivity index (χ2v) is 8.49. The fourth-order valence-electron chi connectivity index (χ4n) is 2.75. The molecule has 124 valence electrons. The molecule has 2 aromatic carbocycles. The smallest absolute Gasteiger partial charge is 0.134 e. The van der Waals surface area contributed by atoms with E-state index >= 15 is 0 Å². The van der Waals surface area contributed by atoms with Crippen LogP contribution >= 0.6 is 0 Å². The molecule has 24 heavy (non-hydrogen) atoms. The van der Waals surface area contributed by atoms with Gasteiger partial charge in [-0.3, -0.25) is 0 Å². The van der Waals surface area contributed by atoms with Gasteiger partial charge in [0, 0.05) is 16.4 Å². The quantitative estimate of drug-likeness (QED) is 0.559. The third-order valence-corrected chi connectivity index (χ3v) is 4.23. The molecule has 1 aromatic heterocycles. The molecule has 0 amide bonds. The Morgan fingerprint density at radius 3 is 2.04 bits per heavy atom. The lowest BCUT2D eigenvalue weighted by atomic mass is 9.88. The van der Waals surface area contributed by atoms with Crippen molar-refractivity contribution in [1.29, 1.82) is 0 Å². The molecule has 0 saturated heterocycles. The number of hydrogen-bond acceptors (Lipinski definition) is 2. The Morgan fingerprint density at radius 2 is 1.38 bits per heavy atom. The standard InChI is InChI=1S/C22H26N2/c1-21(2,3)19-14-18(23-20(24-19)22(4,5)6)17-13-9-11-15-10-7-8-12-16(15)17/h7-14H,1-6H3. The summed E-state index contributed by atoms with van der Waals surface area (Å²) >= 11 is 0. The summed E-state index contributed by atoms with van der Waals surface area (Å²) in [6, 6.07) is 17.0. The van der Waals surface area contributed by atoms with E-state index in [0.29, 0.717) is 0 Å². The highest BCUT2D eigenvalue weighted by molar-refractivity contribution is 5.95. The van der Waals surface area contributed by atoms with Crippen LogP contribution in [0.25, 0.3) is 22.0 Å². The molecule has 0 atom stereocenters. The molecule has 3 rings (SSSR count). The van der Waals surface area contributed by atoms with Crippen molar-refractivity contribution in [3.05, 3.63) is 60.0 Å². The van der Waals surface area contributed by atoms with Crippen LogP contribution in [0.2, 0.25) is 0 Å². The molecule has 0 radical (unpaired) electrons. The summed E-state index contributed by atoms with van der Waals surface area (Å²) in [6.45, 7) is 13.1. The van der Waals surface area contributed by atoms with Crippen LogP contribution in [-0.4, -0.2) is 9.97 Å². The fourth-order valence-corrected chi connectivity index (χ4v) is 2.75. The van der Waals surface area contributed by atoms with Gasteiger partial charge in [0.15, 0.2) is 0 Å². The van der Waals surface area contributed by atoms with Gasteiger partial charge in [0.2, 0.25) is 0 Å². The van der Waals surface area contributed by atoms with Gasteiger partial charge in [0.05, 0.1) is 11.4 Å². The van der Waals surface area contributed by atoms with Gasteiger partial charge in [-0.1, -0.05) is 84.0 Å². The van der Waals surface area contributed by atoms with E-state index in [4.69, 9.17) is 9.97 Å². The lowest BCUT2D eigenvalue weighted by Crippen LogP contribution is -2.22. The first-order chi connectivity index (χ1) is 11.2. The van der Waals surface area contributed by atoms with E-state index in [9.17, 15) is 0 Å². The first-order valence-corrected chi connectivity index (χ1v) is 8.54. The molecule has 2 nitrogen and oxygen atoms in total. The van der Waals surface area contributed by atoms with Crippen molar-refractivity contribution in [2.75, 3.05) is 0 Å². The molecule has 0 bridgehead atoms. The van der Waals surface area contributed by atoms with Crippen LogP contribution in [0.4, 0.5) is 0 Å². The van der Waals surface area contributed by atoms with Crippen LogP contribution in [0.5, 0.6) is 0 Å². The van der Waals surface area contributed by atoms with Gasteiger partial charge in [0.1, 0.15) is 5.82 Å². The molecule has 0 unspecified atom stereocenters. The number of hydrogen-bond donors (Lipinski definition) is 0.